The molecule has 0 aliphatic heterocycles. The van der Waals surface area contributed by atoms with E-state index in [1.807, 2.05) is 48.5 Å². The van der Waals surface area contributed by atoms with Crippen LogP contribution >= 0.6 is 0 Å². The Balaban J connectivity index is 2.17. The van der Waals surface area contributed by atoms with Gasteiger partial charge in [0.15, 0.2) is 0 Å². The summed E-state index contributed by atoms with van der Waals surface area (Å²) < 4.78 is 12.4. The molecule has 0 spiro atoms. The molecular weight excluding hydrogens is 292 g/mol. The highest BCUT2D eigenvalue weighted by Gasteiger charge is 2.17. The third-order valence-corrected chi connectivity index (χ3v) is 3.61. The molecule has 118 valence electrons. The Morgan fingerprint density at radius 3 is 2.39 bits per heavy atom. The van der Waals surface area contributed by atoms with Crippen molar-refractivity contribution in [3.63, 3.8) is 0 Å². The van der Waals surface area contributed by atoms with Crippen LogP contribution in [0.25, 0.3) is 16.9 Å². The van der Waals surface area contributed by atoms with E-state index in [1.54, 1.807) is 18.9 Å². The summed E-state index contributed by atoms with van der Waals surface area (Å²) in [5, 5.41) is 8.47. The standard InChI is InChI=1S/C17H18N4O2/c1-22-13-9-7-12(8-10-13)17-14(11-18)19-20-21(17)15-5-3-4-6-16(15)23-2/h3-10H,11,18H2,1-2H3. The molecule has 0 atom stereocenters. The molecule has 23 heavy (non-hydrogen) atoms. The molecule has 0 aliphatic carbocycles. The first-order chi connectivity index (χ1) is 11.3. The van der Waals surface area contributed by atoms with Gasteiger partial charge >= 0.3 is 0 Å². The Kier molecular flexibility index (Phi) is 4.25. The molecular formula is C17H18N4O2. The lowest BCUT2D eigenvalue weighted by atomic mass is 10.1. The SMILES string of the molecule is COc1ccc(-c2c(CN)nnn2-c2ccccc2OC)cc1. The number of rotatable bonds is 5. The van der Waals surface area contributed by atoms with Crippen molar-refractivity contribution in [2.45, 2.75) is 6.54 Å². The third-order valence-electron chi connectivity index (χ3n) is 3.61. The average Bonchev–Trinajstić information content (AvgIpc) is 3.05. The summed E-state index contributed by atoms with van der Waals surface area (Å²) >= 11 is 0. The van der Waals surface area contributed by atoms with Crippen LogP contribution in [0.4, 0.5) is 0 Å². The van der Waals surface area contributed by atoms with Crippen LogP contribution in [-0.4, -0.2) is 29.2 Å². The zero-order valence-corrected chi connectivity index (χ0v) is 13.1. The van der Waals surface area contributed by atoms with E-state index >= 15 is 0 Å². The van der Waals surface area contributed by atoms with E-state index < -0.39 is 0 Å². The molecule has 0 aliphatic rings. The van der Waals surface area contributed by atoms with Crippen LogP contribution in [-0.2, 0) is 6.54 Å². The number of nitrogens with zero attached hydrogens (tertiary/aromatic N) is 3. The molecule has 0 saturated heterocycles. The Hall–Kier alpha value is -2.86. The maximum absolute atomic E-state index is 5.83. The Morgan fingerprint density at radius 1 is 1.00 bits per heavy atom. The number of nitrogens with two attached hydrogens (primary N) is 1. The van der Waals surface area contributed by atoms with Gasteiger partial charge in [-0.1, -0.05) is 17.3 Å². The minimum Gasteiger partial charge on any atom is -0.497 e. The quantitative estimate of drug-likeness (QED) is 0.783. The zero-order chi connectivity index (χ0) is 16.2. The number of hydrogen-bond donors (Lipinski definition) is 1. The van der Waals surface area contributed by atoms with E-state index in [2.05, 4.69) is 10.3 Å². The molecule has 0 unspecified atom stereocenters. The second-order valence-electron chi connectivity index (χ2n) is 4.90. The number of para-hydroxylation sites is 2. The first kappa shape index (κ1) is 15.1. The van der Waals surface area contributed by atoms with Gasteiger partial charge in [0.25, 0.3) is 0 Å². The minimum atomic E-state index is 0.302. The largest absolute Gasteiger partial charge is 0.497 e. The van der Waals surface area contributed by atoms with Crippen molar-refractivity contribution in [2.24, 2.45) is 5.73 Å². The summed E-state index contributed by atoms with van der Waals surface area (Å²) in [4.78, 5) is 0. The fraction of sp³-hybridized carbons (Fsp3) is 0.176. The predicted octanol–water partition coefficient (Wildman–Crippen LogP) is 2.41. The maximum Gasteiger partial charge on any atom is 0.144 e. The van der Waals surface area contributed by atoms with Gasteiger partial charge in [-0.05, 0) is 36.4 Å². The first-order valence-electron chi connectivity index (χ1n) is 7.21. The predicted molar refractivity (Wildman–Crippen MR) is 87.8 cm³/mol. The second-order valence-corrected chi connectivity index (χ2v) is 4.90. The van der Waals surface area contributed by atoms with Gasteiger partial charge in [0, 0.05) is 12.1 Å². The van der Waals surface area contributed by atoms with Gasteiger partial charge in [0.1, 0.15) is 22.9 Å². The van der Waals surface area contributed by atoms with Crippen LogP contribution in [0.3, 0.4) is 0 Å². The van der Waals surface area contributed by atoms with Crippen molar-refractivity contribution >= 4 is 0 Å². The summed E-state index contributed by atoms with van der Waals surface area (Å²) in [6, 6.07) is 15.4. The number of hydrogen-bond acceptors (Lipinski definition) is 5. The first-order valence-corrected chi connectivity index (χ1v) is 7.21. The molecule has 0 saturated carbocycles. The Labute approximate surface area is 134 Å². The topological polar surface area (TPSA) is 75.2 Å². The van der Waals surface area contributed by atoms with Crippen LogP contribution in [0, 0.1) is 0 Å². The van der Waals surface area contributed by atoms with Crippen molar-refractivity contribution in [1.29, 1.82) is 0 Å². The molecule has 6 nitrogen and oxygen atoms in total. The summed E-state index contributed by atoms with van der Waals surface area (Å²) in [6.45, 7) is 0.302. The molecule has 3 rings (SSSR count). The highest BCUT2D eigenvalue weighted by molar-refractivity contribution is 5.66. The Morgan fingerprint density at radius 2 is 1.74 bits per heavy atom. The number of aromatic nitrogens is 3. The number of benzene rings is 2. The Bertz CT molecular complexity index is 797. The van der Waals surface area contributed by atoms with E-state index in [4.69, 9.17) is 15.2 Å². The van der Waals surface area contributed by atoms with E-state index in [0.717, 1.165) is 34.1 Å². The second kappa shape index (κ2) is 6.50. The van der Waals surface area contributed by atoms with Crippen LogP contribution in [0.2, 0.25) is 0 Å². The number of methoxy groups -OCH3 is 2. The normalized spacial score (nSPS) is 10.6. The van der Waals surface area contributed by atoms with Crippen LogP contribution < -0.4 is 15.2 Å². The van der Waals surface area contributed by atoms with Gasteiger partial charge in [-0.25, -0.2) is 4.68 Å². The highest BCUT2D eigenvalue weighted by Crippen LogP contribution is 2.30. The summed E-state index contributed by atoms with van der Waals surface area (Å²) in [5.41, 5.74) is 9.18. The molecule has 0 radical (unpaired) electrons. The minimum absolute atomic E-state index is 0.302. The van der Waals surface area contributed by atoms with Crippen molar-refractivity contribution in [1.82, 2.24) is 15.0 Å². The van der Waals surface area contributed by atoms with Gasteiger partial charge in [-0.15, -0.1) is 5.10 Å². The summed E-state index contributed by atoms with van der Waals surface area (Å²) in [5.74, 6) is 1.51. The van der Waals surface area contributed by atoms with Crippen LogP contribution in [0.1, 0.15) is 5.69 Å². The van der Waals surface area contributed by atoms with Crippen LogP contribution in [0.15, 0.2) is 48.5 Å². The lowest BCUT2D eigenvalue weighted by molar-refractivity contribution is 0.411. The summed E-state index contributed by atoms with van der Waals surface area (Å²) in [7, 11) is 3.27. The molecule has 3 aromatic rings. The maximum atomic E-state index is 5.83. The molecule has 2 N–H and O–H groups in total. The van der Waals surface area contributed by atoms with Crippen molar-refractivity contribution < 1.29 is 9.47 Å². The van der Waals surface area contributed by atoms with Gasteiger partial charge in [-0.2, -0.15) is 0 Å². The molecule has 1 heterocycles. The van der Waals surface area contributed by atoms with Crippen molar-refractivity contribution in [3.8, 4) is 28.4 Å². The number of ether oxygens (including phenoxy) is 2. The van der Waals surface area contributed by atoms with E-state index in [0.29, 0.717) is 6.54 Å². The fourth-order valence-electron chi connectivity index (χ4n) is 2.46. The van der Waals surface area contributed by atoms with Crippen LogP contribution in [0.5, 0.6) is 11.5 Å². The molecule has 0 fully saturated rings. The zero-order valence-electron chi connectivity index (χ0n) is 13.1. The van der Waals surface area contributed by atoms with Gasteiger partial charge in [0.05, 0.1) is 19.9 Å². The molecule has 2 aromatic carbocycles. The van der Waals surface area contributed by atoms with Crippen molar-refractivity contribution in [2.75, 3.05) is 14.2 Å². The highest BCUT2D eigenvalue weighted by atomic mass is 16.5. The molecule has 0 amide bonds. The summed E-state index contributed by atoms with van der Waals surface area (Å²) in [6.07, 6.45) is 0. The van der Waals surface area contributed by atoms with Crippen molar-refractivity contribution in [3.05, 3.63) is 54.2 Å². The molecule has 6 heteroatoms. The third kappa shape index (κ3) is 2.76. The molecule has 0 bridgehead atoms. The molecule has 1 aromatic heterocycles. The van der Waals surface area contributed by atoms with Gasteiger partial charge in [-0.3, -0.25) is 0 Å². The smallest absolute Gasteiger partial charge is 0.144 e. The van der Waals surface area contributed by atoms with E-state index in [1.165, 1.54) is 0 Å². The monoisotopic (exact) mass is 310 g/mol. The lowest BCUT2D eigenvalue weighted by Crippen LogP contribution is -2.04. The van der Waals surface area contributed by atoms with Gasteiger partial charge in [0.2, 0.25) is 0 Å². The van der Waals surface area contributed by atoms with E-state index in [9.17, 15) is 0 Å². The average molecular weight is 310 g/mol. The van der Waals surface area contributed by atoms with E-state index in [-0.39, 0.29) is 0 Å². The van der Waals surface area contributed by atoms with Gasteiger partial charge < -0.3 is 15.2 Å². The fourth-order valence-corrected chi connectivity index (χ4v) is 2.46. The lowest BCUT2D eigenvalue weighted by Gasteiger charge is -2.12.